The first-order valence-electron chi connectivity index (χ1n) is 9.55. The zero-order valence-corrected chi connectivity index (χ0v) is 16.2. The lowest BCUT2D eigenvalue weighted by Gasteiger charge is -2.30. The molecule has 26 heavy (non-hydrogen) atoms. The first kappa shape index (κ1) is 19.1. The van der Waals surface area contributed by atoms with Crippen molar-refractivity contribution in [1.82, 2.24) is 14.8 Å². The van der Waals surface area contributed by atoms with Crippen LogP contribution in [0.2, 0.25) is 0 Å². The SMILES string of the molecule is CCOC(=O)N1CCCC(C(=O)Nc2nc(CN3CCCCC3)cs2)C1. The summed E-state index contributed by atoms with van der Waals surface area (Å²) in [7, 11) is 0. The van der Waals surface area contributed by atoms with Crippen molar-refractivity contribution in [3.8, 4) is 0 Å². The van der Waals surface area contributed by atoms with Crippen molar-refractivity contribution in [1.29, 1.82) is 0 Å². The van der Waals surface area contributed by atoms with Crippen LogP contribution in [0.3, 0.4) is 0 Å². The first-order valence-corrected chi connectivity index (χ1v) is 10.4. The molecule has 3 rings (SSSR count). The maximum absolute atomic E-state index is 12.6. The number of thiazole rings is 1. The van der Waals surface area contributed by atoms with Crippen molar-refractivity contribution < 1.29 is 14.3 Å². The van der Waals surface area contributed by atoms with Crippen LogP contribution < -0.4 is 5.32 Å². The lowest BCUT2D eigenvalue weighted by atomic mass is 9.97. The number of aromatic nitrogens is 1. The monoisotopic (exact) mass is 380 g/mol. The standard InChI is InChI=1S/C18H28N4O3S/c1-2-25-18(24)22-10-6-7-14(11-22)16(23)20-17-19-15(13-26-17)12-21-8-4-3-5-9-21/h13-14H,2-12H2,1H3,(H,19,20,23). The molecule has 2 fully saturated rings. The predicted octanol–water partition coefficient (Wildman–Crippen LogP) is 2.94. The van der Waals surface area contributed by atoms with Crippen molar-refractivity contribution in [2.75, 3.05) is 38.1 Å². The molecule has 0 radical (unpaired) electrons. The van der Waals surface area contributed by atoms with E-state index in [1.165, 1.54) is 30.6 Å². The van der Waals surface area contributed by atoms with E-state index < -0.39 is 0 Å². The van der Waals surface area contributed by atoms with E-state index in [2.05, 4.69) is 15.2 Å². The van der Waals surface area contributed by atoms with Crippen LogP contribution in [-0.2, 0) is 16.1 Å². The summed E-state index contributed by atoms with van der Waals surface area (Å²) in [5, 5.41) is 5.60. The fourth-order valence-electron chi connectivity index (χ4n) is 3.56. The smallest absolute Gasteiger partial charge is 0.409 e. The minimum absolute atomic E-state index is 0.0575. The highest BCUT2D eigenvalue weighted by Gasteiger charge is 2.29. The Morgan fingerprint density at radius 2 is 2.08 bits per heavy atom. The number of ether oxygens (including phenoxy) is 1. The summed E-state index contributed by atoms with van der Waals surface area (Å²) >= 11 is 1.47. The van der Waals surface area contributed by atoms with E-state index in [-0.39, 0.29) is 17.9 Å². The molecule has 7 nitrogen and oxygen atoms in total. The summed E-state index contributed by atoms with van der Waals surface area (Å²) in [6.45, 7) is 6.32. The third-order valence-electron chi connectivity index (χ3n) is 4.93. The van der Waals surface area contributed by atoms with Crippen molar-refractivity contribution in [3.63, 3.8) is 0 Å². The largest absolute Gasteiger partial charge is 0.450 e. The number of rotatable bonds is 5. The number of hydrogen-bond acceptors (Lipinski definition) is 6. The Kier molecular flexibility index (Phi) is 6.85. The maximum Gasteiger partial charge on any atom is 0.409 e. The van der Waals surface area contributed by atoms with Crippen LogP contribution in [0, 0.1) is 5.92 Å². The van der Waals surface area contributed by atoms with Crippen molar-refractivity contribution in [3.05, 3.63) is 11.1 Å². The lowest BCUT2D eigenvalue weighted by molar-refractivity contribution is -0.121. The Morgan fingerprint density at radius 1 is 1.27 bits per heavy atom. The second-order valence-electron chi connectivity index (χ2n) is 6.95. The molecule has 1 aromatic heterocycles. The van der Waals surface area contributed by atoms with Gasteiger partial charge in [0.2, 0.25) is 5.91 Å². The number of amides is 2. The van der Waals surface area contributed by atoms with Crippen LogP contribution in [0.4, 0.5) is 9.93 Å². The molecule has 2 aliphatic heterocycles. The molecule has 1 N–H and O–H groups in total. The minimum atomic E-state index is -0.330. The summed E-state index contributed by atoms with van der Waals surface area (Å²) < 4.78 is 5.04. The molecule has 8 heteroatoms. The number of carbonyl (C=O) groups is 2. The Morgan fingerprint density at radius 3 is 2.85 bits per heavy atom. The predicted molar refractivity (Wildman–Crippen MR) is 101 cm³/mol. The molecule has 2 amide bonds. The van der Waals surface area contributed by atoms with Crippen LogP contribution in [-0.4, -0.2) is 59.6 Å². The highest BCUT2D eigenvalue weighted by atomic mass is 32.1. The number of piperidine rings is 2. The van der Waals surface area contributed by atoms with Gasteiger partial charge < -0.3 is 15.0 Å². The van der Waals surface area contributed by atoms with Crippen LogP contribution in [0.25, 0.3) is 0 Å². The zero-order valence-electron chi connectivity index (χ0n) is 15.4. The van der Waals surface area contributed by atoms with Gasteiger partial charge in [-0.15, -0.1) is 11.3 Å². The van der Waals surface area contributed by atoms with E-state index in [0.717, 1.165) is 38.2 Å². The number of hydrogen-bond donors (Lipinski definition) is 1. The second kappa shape index (κ2) is 9.32. The Bertz CT molecular complexity index is 615. The fraction of sp³-hybridized carbons (Fsp3) is 0.722. The van der Waals surface area contributed by atoms with Crippen LogP contribution in [0.15, 0.2) is 5.38 Å². The highest BCUT2D eigenvalue weighted by molar-refractivity contribution is 7.13. The van der Waals surface area contributed by atoms with Gasteiger partial charge in [-0.25, -0.2) is 9.78 Å². The number of carbonyl (C=O) groups excluding carboxylic acids is 2. The summed E-state index contributed by atoms with van der Waals surface area (Å²) in [6.07, 6.45) is 5.10. The Balaban J connectivity index is 1.50. The lowest BCUT2D eigenvalue weighted by Crippen LogP contribution is -2.44. The molecule has 3 heterocycles. The molecule has 1 unspecified atom stereocenters. The van der Waals surface area contributed by atoms with Gasteiger partial charge in [-0.2, -0.15) is 0 Å². The molecule has 0 aromatic carbocycles. The van der Waals surface area contributed by atoms with Crippen molar-refractivity contribution >= 4 is 28.5 Å². The molecule has 2 aliphatic rings. The second-order valence-corrected chi connectivity index (χ2v) is 7.81. The van der Waals surface area contributed by atoms with E-state index >= 15 is 0 Å². The fourth-order valence-corrected chi connectivity index (χ4v) is 4.27. The quantitative estimate of drug-likeness (QED) is 0.850. The summed E-state index contributed by atoms with van der Waals surface area (Å²) in [5.74, 6) is -0.263. The number of nitrogens with zero attached hydrogens (tertiary/aromatic N) is 3. The van der Waals surface area contributed by atoms with E-state index in [1.807, 2.05) is 5.38 Å². The van der Waals surface area contributed by atoms with E-state index in [4.69, 9.17) is 4.74 Å². The van der Waals surface area contributed by atoms with Gasteiger partial charge in [0.1, 0.15) is 0 Å². The third-order valence-corrected chi connectivity index (χ3v) is 5.74. The van der Waals surface area contributed by atoms with E-state index in [1.54, 1.807) is 11.8 Å². The Labute approximate surface area is 158 Å². The van der Waals surface area contributed by atoms with Crippen LogP contribution >= 0.6 is 11.3 Å². The van der Waals surface area contributed by atoms with Gasteiger partial charge in [0, 0.05) is 25.0 Å². The number of anilines is 1. The van der Waals surface area contributed by atoms with Gasteiger partial charge in [0.25, 0.3) is 0 Å². The van der Waals surface area contributed by atoms with Gasteiger partial charge in [-0.3, -0.25) is 9.69 Å². The normalized spacial score (nSPS) is 21.4. The molecule has 2 saturated heterocycles. The topological polar surface area (TPSA) is 74.8 Å². The molecule has 1 aromatic rings. The van der Waals surface area contributed by atoms with E-state index in [0.29, 0.717) is 24.8 Å². The van der Waals surface area contributed by atoms with Gasteiger partial charge in [0.15, 0.2) is 5.13 Å². The molecule has 144 valence electrons. The maximum atomic E-state index is 12.6. The van der Waals surface area contributed by atoms with E-state index in [9.17, 15) is 9.59 Å². The summed E-state index contributed by atoms with van der Waals surface area (Å²) in [6, 6.07) is 0. The average Bonchev–Trinajstić information content (AvgIpc) is 3.09. The van der Waals surface area contributed by atoms with Gasteiger partial charge in [-0.1, -0.05) is 6.42 Å². The minimum Gasteiger partial charge on any atom is -0.450 e. The molecular weight excluding hydrogens is 352 g/mol. The molecular formula is C18H28N4O3S. The number of likely N-dealkylation sites (tertiary alicyclic amines) is 2. The van der Waals surface area contributed by atoms with Crippen molar-refractivity contribution in [2.45, 2.75) is 45.6 Å². The zero-order chi connectivity index (χ0) is 18.4. The molecule has 0 spiro atoms. The first-order chi connectivity index (χ1) is 12.7. The van der Waals surface area contributed by atoms with Gasteiger partial charge in [-0.05, 0) is 45.7 Å². The Hall–Kier alpha value is -1.67. The third kappa shape index (κ3) is 5.17. The molecule has 0 saturated carbocycles. The van der Waals surface area contributed by atoms with Gasteiger partial charge in [0.05, 0.1) is 18.2 Å². The molecule has 0 aliphatic carbocycles. The molecule has 0 bridgehead atoms. The highest BCUT2D eigenvalue weighted by Crippen LogP contribution is 2.22. The summed E-state index contributed by atoms with van der Waals surface area (Å²) in [4.78, 5) is 33.0. The van der Waals surface area contributed by atoms with Crippen LogP contribution in [0.1, 0.15) is 44.7 Å². The van der Waals surface area contributed by atoms with Gasteiger partial charge >= 0.3 is 6.09 Å². The average molecular weight is 381 g/mol. The summed E-state index contributed by atoms with van der Waals surface area (Å²) in [5.41, 5.74) is 1.02. The molecule has 1 atom stereocenters. The van der Waals surface area contributed by atoms with Crippen molar-refractivity contribution in [2.24, 2.45) is 5.92 Å². The number of nitrogens with one attached hydrogen (secondary N) is 1. The van der Waals surface area contributed by atoms with Crippen LogP contribution in [0.5, 0.6) is 0 Å².